The Bertz CT molecular complexity index is 1640. The SMILES string of the molecule is COc1ccncc1-c1cc(C(=O)Nc2nc3ccc(C4CCN(CCN(C)C)CC4)cc3n2[C@H]2CC[C@@H](O)CC2)cc(C)n1. The number of carbonyl (C=O) groups is 1. The van der Waals surface area contributed by atoms with Gasteiger partial charge >= 0.3 is 0 Å². The van der Waals surface area contributed by atoms with Crippen molar-refractivity contribution in [2.75, 3.05) is 52.7 Å². The molecule has 1 saturated heterocycles. The summed E-state index contributed by atoms with van der Waals surface area (Å²) in [5.74, 6) is 1.44. The number of pyridine rings is 2. The second-order valence-corrected chi connectivity index (χ2v) is 12.8. The van der Waals surface area contributed by atoms with Gasteiger partial charge in [-0.2, -0.15) is 0 Å². The number of likely N-dealkylation sites (N-methyl/N-ethyl adjacent to an activating group) is 1. The molecule has 45 heavy (non-hydrogen) atoms. The van der Waals surface area contributed by atoms with Crippen LogP contribution in [0.1, 0.15) is 72.1 Å². The van der Waals surface area contributed by atoms with Gasteiger partial charge < -0.3 is 24.2 Å². The van der Waals surface area contributed by atoms with Crippen LogP contribution in [0.15, 0.2) is 48.8 Å². The van der Waals surface area contributed by atoms with Crippen LogP contribution in [-0.2, 0) is 0 Å². The molecule has 6 rings (SSSR count). The lowest BCUT2D eigenvalue weighted by molar-refractivity contribution is 0.102. The Balaban J connectivity index is 1.29. The molecule has 0 radical (unpaired) electrons. The molecule has 2 aliphatic rings. The molecule has 0 spiro atoms. The van der Waals surface area contributed by atoms with Gasteiger partial charge in [-0.05, 0) is 114 Å². The van der Waals surface area contributed by atoms with E-state index in [2.05, 4.69) is 61.9 Å². The molecule has 0 unspecified atom stereocenters. The summed E-state index contributed by atoms with van der Waals surface area (Å²) in [4.78, 5) is 32.5. The number of methoxy groups -OCH3 is 1. The van der Waals surface area contributed by atoms with Crippen LogP contribution >= 0.6 is 0 Å². The smallest absolute Gasteiger partial charge is 0.258 e. The summed E-state index contributed by atoms with van der Waals surface area (Å²) < 4.78 is 7.74. The van der Waals surface area contributed by atoms with Gasteiger partial charge in [-0.25, -0.2) is 4.98 Å². The molecule has 10 heteroatoms. The first-order valence-electron chi connectivity index (χ1n) is 16.1. The highest BCUT2D eigenvalue weighted by Gasteiger charge is 2.27. The van der Waals surface area contributed by atoms with Crippen LogP contribution in [-0.4, -0.2) is 93.8 Å². The van der Waals surface area contributed by atoms with Crippen LogP contribution < -0.4 is 10.1 Å². The molecule has 4 heterocycles. The molecule has 2 N–H and O–H groups in total. The highest BCUT2D eigenvalue weighted by molar-refractivity contribution is 6.05. The number of nitrogens with one attached hydrogen (secondary N) is 1. The van der Waals surface area contributed by atoms with Crippen molar-refractivity contribution in [3.63, 3.8) is 0 Å². The Morgan fingerprint density at radius 1 is 1.04 bits per heavy atom. The van der Waals surface area contributed by atoms with E-state index in [0.29, 0.717) is 28.9 Å². The van der Waals surface area contributed by atoms with Crippen LogP contribution in [0.3, 0.4) is 0 Å². The van der Waals surface area contributed by atoms with E-state index in [4.69, 9.17) is 9.72 Å². The zero-order valence-electron chi connectivity index (χ0n) is 26.9. The number of aliphatic hydroxyl groups is 1. The maximum atomic E-state index is 13.8. The van der Waals surface area contributed by atoms with Crippen molar-refractivity contribution in [1.82, 2.24) is 29.3 Å². The van der Waals surface area contributed by atoms with Crippen molar-refractivity contribution in [3.8, 4) is 17.0 Å². The van der Waals surface area contributed by atoms with E-state index in [1.54, 1.807) is 37.7 Å². The molecule has 1 saturated carbocycles. The van der Waals surface area contributed by atoms with Crippen molar-refractivity contribution in [2.45, 2.75) is 63.5 Å². The van der Waals surface area contributed by atoms with Gasteiger partial charge in [0.05, 0.1) is 35.5 Å². The summed E-state index contributed by atoms with van der Waals surface area (Å²) in [5.41, 5.74) is 5.81. The molecule has 0 bridgehead atoms. The van der Waals surface area contributed by atoms with Crippen LogP contribution in [0.25, 0.3) is 22.3 Å². The number of carbonyl (C=O) groups excluding carboxylic acids is 1. The van der Waals surface area contributed by atoms with Gasteiger partial charge in [0.2, 0.25) is 5.95 Å². The third-order valence-electron chi connectivity index (χ3n) is 9.39. The number of aliphatic hydroxyl groups excluding tert-OH is 1. The summed E-state index contributed by atoms with van der Waals surface area (Å²) in [6, 6.07) is 12.1. The molecular weight excluding hydrogens is 566 g/mol. The van der Waals surface area contributed by atoms with Gasteiger partial charge in [-0.15, -0.1) is 0 Å². The monoisotopic (exact) mass is 611 g/mol. The number of rotatable bonds is 9. The summed E-state index contributed by atoms with van der Waals surface area (Å²) in [7, 11) is 5.87. The summed E-state index contributed by atoms with van der Waals surface area (Å²) in [5, 5.41) is 13.4. The van der Waals surface area contributed by atoms with E-state index in [-0.39, 0.29) is 18.1 Å². The molecule has 0 atom stereocenters. The van der Waals surface area contributed by atoms with E-state index in [1.165, 1.54) is 5.56 Å². The maximum Gasteiger partial charge on any atom is 0.258 e. The Morgan fingerprint density at radius 3 is 2.56 bits per heavy atom. The van der Waals surface area contributed by atoms with Crippen LogP contribution in [0, 0.1) is 6.92 Å². The van der Waals surface area contributed by atoms with Gasteiger partial charge in [0, 0.05) is 42.8 Å². The summed E-state index contributed by atoms with van der Waals surface area (Å²) >= 11 is 0. The maximum absolute atomic E-state index is 13.8. The minimum atomic E-state index is -0.273. The molecule has 3 aromatic heterocycles. The third-order valence-corrected chi connectivity index (χ3v) is 9.39. The van der Waals surface area contributed by atoms with E-state index >= 15 is 0 Å². The number of hydrogen-bond donors (Lipinski definition) is 2. The van der Waals surface area contributed by atoms with Crippen molar-refractivity contribution >= 4 is 22.9 Å². The first kappa shape index (κ1) is 31.1. The highest BCUT2D eigenvalue weighted by atomic mass is 16.5. The topological polar surface area (TPSA) is 109 Å². The van der Waals surface area contributed by atoms with Crippen molar-refractivity contribution in [2.24, 2.45) is 0 Å². The number of ether oxygens (including phenoxy) is 1. The third kappa shape index (κ3) is 7.03. The average molecular weight is 612 g/mol. The van der Waals surface area contributed by atoms with Gasteiger partial charge in [-0.1, -0.05) is 6.07 Å². The standard InChI is InChI=1S/C35H45N7O3/c1-23-19-26(20-31(37-23)29-22-36-14-11-33(29)45-4)34(44)39-35-38-30-10-5-25(24-12-15-41(16-13-24)18-17-40(2)3)21-32(30)42(35)27-6-8-28(43)9-7-27/h5,10-11,14,19-22,24,27-28,43H,6-9,12-13,15-18H2,1-4H3,(H,38,39,44)/t27-,28+. The fourth-order valence-corrected chi connectivity index (χ4v) is 6.83. The van der Waals surface area contributed by atoms with E-state index in [1.807, 2.05) is 6.92 Å². The van der Waals surface area contributed by atoms with E-state index in [0.717, 1.165) is 87.0 Å². The zero-order valence-corrected chi connectivity index (χ0v) is 26.9. The number of fused-ring (bicyclic) bond motifs is 1. The molecule has 2 fully saturated rings. The Kier molecular flexibility index (Phi) is 9.44. The van der Waals surface area contributed by atoms with E-state index < -0.39 is 0 Å². The number of nitrogens with zero attached hydrogens (tertiary/aromatic N) is 6. The number of anilines is 1. The van der Waals surface area contributed by atoms with Crippen molar-refractivity contribution in [3.05, 3.63) is 65.6 Å². The highest BCUT2D eigenvalue weighted by Crippen LogP contribution is 2.37. The van der Waals surface area contributed by atoms with Crippen molar-refractivity contribution < 1.29 is 14.6 Å². The number of amides is 1. The van der Waals surface area contributed by atoms with E-state index in [9.17, 15) is 9.90 Å². The average Bonchev–Trinajstić information content (AvgIpc) is 3.41. The number of likely N-dealkylation sites (tertiary alicyclic amines) is 1. The van der Waals surface area contributed by atoms with Crippen LogP contribution in [0.4, 0.5) is 5.95 Å². The Hall–Kier alpha value is -3.86. The number of benzene rings is 1. The predicted octanol–water partition coefficient (Wildman–Crippen LogP) is 5.28. The van der Waals surface area contributed by atoms with Crippen LogP contribution in [0.2, 0.25) is 0 Å². The van der Waals surface area contributed by atoms with Gasteiger partial charge in [0.1, 0.15) is 5.75 Å². The van der Waals surface area contributed by atoms with Crippen LogP contribution in [0.5, 0.6) is 5.75 Å². The van der Waals surface area contributed by atoms with Gasteiger partial charge in [-0.3, -0.25) is 20.1 Å². The quantitative estimate of drug-likeness (QED) is 0.263. The fraction of sp³-hybridized carbons (Fsp3) is 0.486. The molecular formula is C35H45N7O3. The first-order valence-corrected chi connectivity index (χ1v) is 16.1. The van der Waals surface area contributed by atoms with Gasteiger partial charge in [0.15, 0.2) is 0 Å². The lowest BCUT2D eigenvalue weighted by Gasteiger charge is -2.33. The van der Waals surface area contributed by atoms with Gasteiger partial charge in [0.25, 0.3) is 5.91 Å². The first-order chi connectivity index (χ1) is 21.8. The lowest BCUT2D eigenvalue weighted by Crippen LogP contribution is -2.37. The minimum Gasteiger partial charge on any atom is -0.496 e. The second-order valence-electron chi connectivity index (χ2n) is 12.8. The second kappa shape index (κ2) is 13.6. The number of aryl methyl sites for hydroxylation is 1. The molecule has 1 amide bonds. The largest absolute Gasteiger partial charge is 0.496 e. The molecule has 238 valence electrons. The normalized spacial score (nSPS) is 19.7. The molecule has 1 aliphatic heterocycles. The number of imidazole rings is 1. The molecule has 1 aromatic carbocycles. The summed E-state index contributed by atoms with van der Waals surface area (Å²) in [6.45, 7) is 6.28. The van der Waals surface area contributed by atoms with Crippen molar-refractivity contribution in [1.29, 1.82) is 0 Å². The minimum absolute atomic E-state index is 0.145. The molecule has 4 aromatic rings. The Morgan fingerprint density at radius 2 is 1.82 bits per heavy atom. The number of hydrogen-bond acceptors (Lipinski definition) is 8. The fourth-order valence-electron chi connectivity index (χ4n) is 6.83. The summed E-state index contributed by atoms with van der Waals surface area (Å²) in [6.07, 6.45) is 8.52. The Labute approximate surface area is 265 Å². The number of piperidine rings is 1. The molecule has 1 aliphatic carbocycles. The number of aromatic nitrogens is 4. The molecule has 10 nitrogen and oxygen atoms in total. The lowest BCUT2D eigenvalue weighted by atomic mass is 9.89. The predicted molar refractivity (Wildman–Crippen MR) is 177 cm³/mol. The zero-order chi connectivity index (χ0) is 31.5.